The largest absolute Gasteiger partial charge is 0.327 e. The van der Waals surface area contributed by atoms with E-state index < -0.39 is 0 Å². The van der Waals surface area contributed by atoms with E-state index >= 15 is 0 Å². The van der Waals surface area contributed by atoms with Gasteiger partial charge in [0.2, 0.25) is 5.91 Å². The summed E-state index contributed by atoms with van der Waals surface area (Å²) in [7, 11) is 0. The second-order valence-corrected chi connectivity index (χ2v) is 7.11. The molecule has 2 aliphatic carbocycles. The zero-order valence-corrected chi connectivity index (χ0v) is 14.3. The summed E-state index contributed by atoms with van der Waals surface area (Å²) in [4.78, 5) is 12.4. The molecular weight excluding hydrogens is 352 g/mol. The molecule has 3 N–H and O–H groups in total. The van der Waals surface area contributed by atoms with Crippen LogP contribution in [0.1, 0.15) is 32.1 Å². The molecule has 2 aliphatic rings. The molecule has 1 aromatic carbocycles. The standard InChI is InChI=1S/C16H21BrN2O.ClH/c17-13-4-6-14(7-5-13)19-16(20)12-8-10-2-1-3-11(9-12)15(10)18;/h4-7,10-12,15H,1-3,8-9,18H2,(H,19,20);1H. The van der Waals surface area contributed by atoms with Crippen molar-refractivity contribution < 1.29 is 4.79 Å². The number of amides is 1. The summed E-state index contributed by atoms with van der Waals surface area (Å²) >= 11 is 3.40. The van der Waals surface area contributed by atoms with Crippen molar-refractivity contribution in [1.29, 1.82) is 0 Å². The minimum Gasteiger partial charge on any atom is -0.327 e. The smallest absolute Gasteiger partial charge is 0.227 e. The van der Waals surface area contributed by atoms with Gasteiger partial charge in [0.25, 0.3) is 0 Å². The van der Waals surface area contributed by atoms with Crippen molar-refractivity contribution in [3.8, 4) is 0 Å². The van der Waals surface area contributed by atoms with E-state index in [1.807, 2.05) is 24.3 Å². The third-order valence-corrected chi connectivity index (χ3v) is 5.42. The Morgan fingerprint density at radius 2 is 1.71 bits per heavy atom. The lowest BCUT2D eigenvalue weighted by molar-refractivity contribution is -0.122. The lowest BCUT2D eigenvalue weighted by Crippen LogP contribution is -2.48. The lowest BCUT2D eigenvalue weighted by atomic mass is 9.65. The highest BCUT2D eigenvalue weighted by atomic mass is 79.9. The van der Waals surface area contributed by atoms with Crippen LogP contribution < -0.4 is 11.1 Å². The molecule has 0 spiro atoms. The van der Waals surface area contributed by atoms with Crippen LogP contribution in [0.3, 0.4) is 0 Å². The second-order valence-electron chi connectivity index (χ2n) is 6.19. The quantitative estimate of drug-likeness (QED) is 0.824. The summed E-state index contributed by atoms with van der Waals surface area (Å²) < 4.78 is 1.02. The predicted molar refractivity (Wildman–Crippen MR) is 91.6 cm³/mol. The number of carbonyl (C=O) groups is 1. The van der Waals surface area contributed by atoms with E-state index in [0.29, 0.717) is 17.9 Å². The molecule has 116 valence electrons. The molecule has 21 heavy (non-hydrogen) atoms. The first-order chi connectivity index (χ1) is 9.63. The van der Waals surface area contributed by atoms with Crippen molar-refractivity contribution >= 4 is 39.9 Å². The second kappa shape index (κ2) is 7.12. The topological polar surface area (TPSA) is 55.1 Å². The molecular formula is C16H22BrClN2O. The molecule has 2 bridgehead atoms. The summed E-state index contributed by atoms with van der Waals surface area (Å²) in [5.74, 6) is 1.39. The van der Waals surface area contributed by atoms with Gasteiger partial charge in [-0.3, -0.25) is 4.79 Å². The first-order valence-electron chi connectivity index (χ1n) is 7.45. The molecule has 2 fully saturated rings. The van der Waals surface area contributed by atoms with Crippen LogP contribution in [0.2, 0.25) is 0 Å². The molecule has 2 saturated carbocycles. The van der Waals surface area contributed by atoms with E-state index in [4.69, 9.17) is 5.73 Å². The average Bonchev–Trinajstić information content (AvgIpc) is 2.41. The normalized spacial score (nSPS) is 31.1. The average molecular weight is 374 g/mol. The molecule has 0 saturated heterocycles. The maximum Gasteiger partial charge on any atom is 0.227 e. The molecule has 1 aromatic rings. The van der Waals surface area contributed by atoms with Gasteiger partial charge in [0.05, 0.1) is 0 Å². The molecule has 0 aromatic heterocycles. The number of fused-ring (bicyclic) bond motifs is 2. The Balaban J connectivity index is 0.00000161. The summed E-state index contributed by atoms with van der Waals surface area (Å²) in [5, 5.41) is 3.04. The minimum atomic E-state index is 0. The highest BCUT2D eigenvalue weighted by molar-refractivity contribution is 9.10. The minimum absolute atomic E-state index is 0. The van der Waals surface area contributed by atoms with Crippen molar-refractivity contribution in [3.63, 3.8) is 0 Å². The van der Waals surface area contributed by atoms with Gasteiger partial charge < -0.3 is 11.1 Å². The molecule has 2 atom stereocenters. The number of anilines is 1. The van der Waals surface area contributed by atoms with Crippen LogP contribution in [0, 0.1) is 17.8 Å². The van der Waals surface area contributed by atoms with E-state index in [1.165, 1.54) is 19.3 Å². The number of rotatable bonds is 2. The van der Waals surface area contributed by atoms with Gasteiger partial charge in [0, 0.05) is 22.1 Å². The third-order valence-electron chi connectivity index (χ3n) is 4.90. The summed E-state index contributed by atoms with van der Waals surface area (Å²) in [5.41, 5.74) is 7.15. The van der Waals surface area contributed by atoms with Crippen molar-refractivity contribution in [2.75, 3.05) is 5.32 Å². The number of hydrogen-bond donors (Lipinski definition) is 2. The zero-order chi connectivity index (χ0) is 14.1. The number of nitrogens with one attached hydrogen (secondary N) is 1. The molecule has 3 rings (SSSR count). The molecule has 2 unspecified atom stereocenters. The molecule has 0 aliphatic heterocycles. The fourth-order valence-corrected chi connectivity index (χ4v) is 4.05. The Morgan fingerprint density at radius 1 is 1.14 bits per heavy atom. The number of benzene rings is 1. The molecule has 5 heteroatoms. The van der Waals surface area contributed by atoms with Crippen LogP contribution in [0.4, 0.5) is 5.69 Å². The molecule has 1 amide bonds. The van der Waals surface area contributed by atoms with Crippen molar-refractivity contribution in [3.05, 3.63) is 28.7 Å². The number of hydrogen-bond acceptors (Lipinski definition) is 2. The highest BCUT2D eigenvalue weighted by Crippen LogP contribution is 2.42. The van der Waals surface area contributed by atoms with Gasteiger partial charge >= 0.3 is 0 Å². The van der Waals surface area contributed by atoms with Crippen LogP contribution in [-0.2, 0) is 4.79 Å². The van der Waals surface area contributed by atoms with Gasteiger partial charge in [-0.1, -0.05) is 22.4 Å². The molecule has 0 heterocycles. The number of halogens is 2. The van der Waals surface area contributed by atoms with Gasteiger partial charge in [-0.05, 0) is 61.8 Å². The maximum atomic E-state index is 12.4. The van der Waals surface area contributed by atoms with E-state index in [-0.39, 0.29) is 24.2 Å². The van der Waals surface area contributed by atoms with E-state index in [1.54, 1.807) is 0 Å². The summed E-state index contributed by atoms with van der Waals surface area (Å²) in [6, 6.07) is 8.07. The van der Waals surface area contributed by atoms with Crippen LogP contribution in [0.25, 0.3) is 0 Å². The fraction of sp³-hybridized carbons (Fsp3) is 0.562. The first kappa shape index (κ1) is 16.8. The van der Waals surface area contributed by atoms with E-state index in [9.17, 15) is 4.79 Å². The number of carbonyl (C=O) groups excluding carboxylic acids is 1. The van der Waals surface area contributed by atoms with Gasteiger partial charge in [0.15, 0.2) is 0 Å². The fourth-order valence-electron chi connectivity index (χ4n) is 3.78. The highest BCUT2D eigenvalue weighted by Gasteiger charge is 2.40. The van der Waals surface area contributed by atoms with Gasteiger partial charge in [-0.25, -0.2) is 0 Å². The summed E-state index contributed by atoms with van der Waals surface area (Å²) in [6.07, 6.45) is 5.59. The zero-order valence-electron chi connectivity index (χ0n) is 11.9. The first-order valence-corrected chi connectivity index (χ1v) is 8.25. The lowest BCUT2D eigenvalue weighted by Gasteiger charge is -2.43. The van der Waals surface area contributed by atoms with Gasteiger partial charge in [-0.2, -0.15) is 0 Å². The molecule has 0 radical (unpaired) electrons. The molecule has 3 nitrogen and oxygen atoms in total. The Bertz CT molecular complexity index is 480. The Hall–Kier alpha value is -0.580. The van der Waals surface area contributed by atoms with Crippen LogP contribution in [-0.4, -0.2) is 11.9 Å². The van der Waals surface area contributed by atoms with Gasteiger partial charge in [0.1, 0.15) is 0 Å². The van der Waals surface area contributed by atoms with E-state index in [0.717, 1.165) is 23.0 Å². The Labute approximate surface area is 140 Å². The summed E-state index contributed by atoms with van der Waals surface area (Å²) in [6.45, 7) is 0. The monoisotopic (exact) mass is 372 g/mol. The predicted octanol–water partition coefficient (Wildman–Crippen LogP) is 3.96. The SMILES string of the molecule is Cl.NC1C2CCCC1CC(C(=O)Nc1ccc(Br)cc1)C2. The van der Waals surface area contributed by atoms with E-state index in [2.05, 4.69) is 21.2 Å². The Kier molecular flexibility index (Phi) is 5.69. The van der Waals surface area contributed by atoms with Crippen molar-refractivity contribution in [2.24, 2.45) is 23.5 Å². The van der Waals surface area contributed by atoms with Crippen molar-refractivity contribution in [2.45, 2.75) is 38.1 Å². The Morgan fingerprint density at radius 3 is 2.29 bits per heavy atom. The van der Waals surface area contributed by atoms with Crippen LogP contribution >= 0.6 is 28.3 Å². The maximum absolute atomic E-state index is 12.4. The van der Waals surface area contributed by atoms with Crippen LogP contribution in [0.5, 0.6) is 0 Å². The van der Waals surface area contributed by atoms with Gasteiger partial charge in [-0.15, -0.1) is 12.4 Å². The van der Waals surface area contributed by atoms with Crippen molar-refractivity contribution in [1.82, 2.24) is 0 Å². The third kappa shape index (κ3) is 3.79. The number of nitrogens with two attached hydrogens (primary N) is 1. The van der Waals surface area contributed by atoms with Crippen LogP contribution in [0.15, 0.2) is 28.7 Å².